The van der Waals surface area contributed by atoms with Crippen molar-refractivity contribution in [3.8, 4) is 17.2 Å². The minimum Gasteiger partial charge on any atom is -0.441 e. The van der Waals surface area contributed by atoms with E-state index in [1.807, 2.05) is 0 Å². The summed E-state index contributed by atoms with van der Waals surface area (Å²) >= 11 is 0. The number of nitrogens with one attached hydrogen (secondary N) is 1. The second-order valence-corrected chi connectivity index (χ2v) is 8.23. The number of alkyl halides is 4. The third kappa shape index (κ3) is 4.99. The fraction of sp³-hybridized carbons (Fsp3) is 0.231. The predicted octanol–water partition coefficient (Wildman–Crippen LogP) is 6.42. The molecule has 2 aromatic carbocycles. The number of oxazole rings is 1. The Balaban J connectivity index is 1.54. The van der Waals surface area contributed by atoms with Crippen LogP contribution in [0.4, 0.5) is 17.6 Å². The maximum absolute atomic E-state index is 14.9. The fourth-order valence-corrected chi connectivity index (χ4v) is 4.04. The third-order valence-electron chi connectivity index (χ3n) is 5.83. The summed E-state index contributed by atoms with van der Waals surface area (Å²) in [7, 11) is 0. The van der Waals surface area contributed by atoms with Crippen LogP contribution in [0.15, 0.2) is 82.9 Å². The van der Waals surface area contributed by atoms with Crippen molar-refractivity contribution < 1.29 is 31.5 Å². The lowest BCUT2D eigenvalue weighted by atomic mass is 9.70. The van der Waals surface area contributed by atoms with Crippen molar-refractivity contribution >= 4 is 5.91 Å². The number of hydrogen-bond donors (Lipinski definition) is 1. The van der Waals surface area contributed by atoms with Gasteiger partial charge in [-0.1, -0.05) is 42.5 Å². The second-order valence-electron chi connectivity index (χ2n) is 8.23. The average Bonchev–Trinajstić information content (AvgIpc) is 3.21. The summed E-state index contributed by atoms with van der Waals surface area (Å²) < 4.78 is 64.3. The number of carbonyl (C=O) groups is 1. The van der Waals surface area contributed by atoms with E-state index in [0.29, 0.717) is 16.8 Å². The van der Waals surface area contributed by atoms with Crippen LogP contribution in [0, 0.1) is 6.92 Å². The molecule has 1 atom stereocenters. The number of amides is 1. The Bertz CT molecular complexity index is 1260. The molecule has 1 aliphatic rings. The molecular formula is C26H22F4N2O3. The largest absolute Gasteiger partial charge is 0.441 e. The van der Waals surface area contributed by atoms with Crippen LogP contribution in [0.2, 0.25) is 0 Å². The van der Waals surface area contributed by atoms with E-state index in [1.54, 1.807) is 43.3 Å². The molecule has 0 fully saturated rings. The molecule has 0 aliphatic heterocycles. The summed E-state index contributed by atoms with van der Waals surface area (Å²) in [5.41, 5.74) is -0.458. The third-order valence-corrected chi connectivity index (χ3v) is 5.83. The Morgan fingerprint density at radius 3 is 2.46 bits per heavy atom. The van der Waals surface area contributed by atoms with E-state index in [2.05, 4.69) is 15.0 Å². The van der Waals surface area contributed by atoms with Gasteiger partial charge in [0.2, 0.25) is 5.89 Å². The Labute approximate surface area is 199 Å². The lowest BCUT2D eigenvalue weighted by molar-refractivity contribution is -0.0498. The van der Waals surface area contributed by atoms with Gasteiger partial charge in [0.15, 0.2) is 5.69 Å². The molecule has 1 aromatic heterocycles. The zero-order chi connectivity index (χ0) is 25.2. The van der Waals surface area contributed by atoms with E-state index in [0.717, 1.165) is 6.92 Å². The van der Waals surface area contributed by atoms with Gasteiger partial charge in [0.25, 0.3) is 11.8 Å². The van der Waals surface area contributed by atoms with Gasteiger partial charge in [0.05, 0.1) is 5.41 Å². The molecular weight excluding hydrogens is 464 g/mol. The highest BCUT2D eigenvalue weighted by Gasteiger charge is 2.50. The first-order valence-corrected chi connectivity index (χ1v) is 10.7. The van der Waals surface area contributed by atoms with Crippen molar-refractivity contribution in [2.45, 2.75) is 38.2 Å². The number of halogens is 4. The summed E-state index contributed by atoms with van der Waals surface area (Å²) in [6.07, 6.45) is 4.41. The highest BCUT2D eigenvalue weighted by Crippen LogP contribution is 2.46. The van der Waals surface area contributed by atoms with Crippen LogP contribution in [-0.2, 0) is 5.41 Å². The van der Waals surface area contributed by atoms with Crippen LogP contribution in [0.25, 0.3) is 11.5 Å². The highest BCUT2D eigenvalue weighted by atomic mass is 19.3. The summed E-state index contributed by atoms with van der Waals surface area (Å²) in [6, 6.07) is 14.0. The SMILES string of the molecule is Cc1oc(-c2ccc(OC(F)F)cc2)nc1C(=O)NC1=CC=CC(c2ccccc2)(C(C)(F)F)C1. The van der Waals surface area contributed by atoms with Crippen molar-refractivity contribution in [2.75, 3.05) is 0 Å². The van der Waals surface area contributed by atoms with Gasteiger partial charge in [0.1, 0.15) is 11.5 Å². The molecule has 0 saturated carbocycles. The lowest BCUT2D eigenvalue weighted by Gasteiger charge is -2.39. The number of benzene rings is 2. The standard InChI is InChI=1S/C26H22F4N2O3/c1-16-21(32-23(34-16)17-10-12-20(13-11-17)35-24(27)28)22(33)31-19-9-6-14-26(15-19,25(2,29)30)18-7-4-3-5-8-18/h3-14,24H,15H2,1-2H3,(H,31,33). The van der Waals surface area contributed by atoms with Crippen molar-refractivity contribution in [1.29, 1.82) is 0 Å². The van der Waals surface area contributed by atoms with Gasteiger partial charge in [-0.2, -0.15) is 8.78 Å². The number of aromatic nitrogens is 1. The van der Waals surface area contributed by atoms with Gasteiger partial charge in [-0.3, -0.25) is 4.79 Å². The van der Waals surface area contributed by atoms with Crippen LogP contribution in [0.5, 0.6) is 5.75 Å². The quantitative estimate of drug-likeness (QED) is 0.392. The van der Waals surface area contributed by atoms with Crippen LogP contribution in [0.3, 0.4) is 0 Å². The molecule has 1 N–H and O–H groups in total. The molecule has 0 spiro atoms. The Kier molecular flexibility index (Phi) is 6.51. The average molecular weight is 486 g/mol. The van der Waals surface area contributed by atoms with Gasteiger partial charge in [-0.25, -0.2) is 13.8 Å². The van der Waals surface area contributed by atoms with Crippen LogP contribution < -0.4 is 10.1 Å². The molecule has 1 heterocycles. The summed E-state index contributed by atoms with van der Waals surface area (Å²) in [5, 5.41) is 2.68. The Morgan fingerprint density at radius 2 is 1.83 bits per heavy atom. The molecule has 0 radical (unpaired) electrons. The number of ether oxygens (including phenoxy) is 1. The van der Waals surface area contributed by atoms with E-state index in [-0.39, 0.29) is 29.5 Å². The zero-order valence-electron chi connectivity index (χ0n) is 18.9. The molecule has 0 saturated heterocycles. The van der Waals surface area contributed by atoms with Crippen molar-refractivity contribution in [1.82, 2.24) is 10.3 Å². The highest BCUT2D eigenvalue weighted by molar-refractivity contribution is 5.95. The maximum Gasteiger partial charge on any atom is 0.387 e. The fourth-order valence-electron chi connectivity index (χ4n) is 4.04. The molecule has 0 bridgehead atoms. The van der Waals surface area contributed by atoms with Crippen LogP contribution in [0.1, 0.15) is 35.2 Å². The maximum atomic E-state index is 14.9. The molecule has 1 aliphatic carbocycles. The number of rotatable bonds is 7. The van der Waals surface area contributed by atoms with E-state index >= 15 is 0 Å². The van der Waals surface area contributed by atoms with Crippen LogP contribution >= 0.6 is 0 Å². The number of carbonyl (C=O) groups excluding carboxylic acids is 1. The van der Waals surface area contributed by atoms with Gasteiger partial charge in [-0.05, 0) is 42.8 Å². The summed E-state index contributed by atoms with van der Waals surface area (Å²) in [4.78, 5) is 17.2. The Morgan fingerprint density at radius 1 is 1.14 bits per heavy atom. The van der Waals surface area contributed by atoms with E-state index < -0.39 is 23.9 Å². The second kappa shape index (κ2) is 9.40. The molecule has 35 heavy (non-hydrogen) atoms. The molecule has 4 rings (SSSR count). The number of allylic oxidation sites excluding steroid dienone is 4. The van der Waals surface area contributed by atoms with Gasteiger partial charge in [0, 0.05) is 24.6 Å². The van der Waals surface area contributed by atoms with E-state index in [1.165, 1.54) is 36.4 Å². The van der Waals surface area contributed by atoms with Crippen LogP contribution in [-0.4, -0.2) is 23.4 Å². The molecule has 182 valence electrons. The molecule has 9 heteroatoms. The Hall–Kier alpha value is -3.88. The monoisotopic (exact) mass is 486 g/mol. The number of aryl methyl sites for hydroxylation is 1. The van der Waals surface area contributed by atoms with Crippen molar-refractivity contribution in [3.05, 3.63) is 95.5 Å². The number of hydrogen-bond acceptors (Lipinski definition) is 4. The topological polar surface area (TPSA) is 64.4 Å². The minimum atomic E-state index is -3.10. The molecule has 1 unspecified atom stereocenters. The minimum absolute atomic E-state index is 0.0167. The first-order valence-electron chi connectivity index (χ1n) is 10.7. The normalized spacial score (nSPS) is 17.9. The van der Waals surface area contributed by atoms with Gasteiger partial charge in [-0.15, -0.1) is 0 Å². The van der Waals surface area contributed by atoms with Gasteiger partial charge >= 0.3 is 6.61 Å². The lowest BCUT2D eigenvalue weighted by Crippen LogP contribution is -2.44. The molecule has 5 nitrogen and oxygen atoms in total. The van der Waals surface area contributed by atoms with E-state index in [9.17, 15) is 22.4 Å². The predicted molar refractivity (Wildman–Crippen MR) is 121 cm³/mol. The first kappa shape index (κ1) is 24.3. The van der Waals surface area contributed by atoms with Gasteiger partial charge < -0.3 is 14.5 Å². The van der Waals surface area contributed by atoms with Crippen molar-refractivity contribution in [3.63, 3.8) is 0 Å². The zero-order valence-corrected chi connectivity index (χ0v) is 18.9. The smallest absolute Gasteiger partial charge is 0.387 e. The summed E-state index contributed by atoms with van der Waals surface area (Å²) in [6.45, 7) is -0.540. The first-order chi connectivity index (χ1) is 16.6. The molecule has 1 amide bonds. The molecule has 3 aromatic rings. The van der Waals surface area contributed by atoms with E-state index in [4.69, 9.17) is 4.42 Å². The number of nitrogens with zero attached hydrogens (tertiary/aromatic N) is 1. The summed E-state index contributed by atoms with van der Waals surface area (Å²) in [5.74, 6) is -3.43. The van der Waals surface area contributed by atoms with Crippen molar-refractivity contribution in [2.24, 2.45) is 0 Å².